The zero-order valence-corrected chi connectivity index (χ0v) is 21.4. The van der Waals surface area contributed by atoms with Crippen LogP contribution in [0.4, 0.5) is 37.8 Å². The van der Waals surface area contributed by atoms with Crippen molar-refractivity contribution in [1.82, 2.24) is 19.7 Å². The number of anilines is 2. The number of aromatic nitrogens is 4. The van der Waals surface area contributed by atoms with Crippen molar-refractivity contribution in [2.75, 3.05) is 17.7 Å². The van der Waals surface area contributed by atoms with Crippen molar-refractivity contribution in [2.45, 2.75) is 45.1 Å². The summed E-state index contributed by atoms with van der Waals surface area (Å²) < 4.78 is 86.1. The molecule has 3 heterocycles. The molecule has 218 valence electrons. The van der Waals surface area contributed by atoms with Crippen molar-refractivity contribution in [3.8, 4) is 11.3 Å². The molecule has 0 fully saturated rings. The quantitative estimate of drug-likeness (QED) is 0.232. The van der Waals surface area contributed by atoms with Crippen molar-refractivity contribution in [2.24, 2.45) is 0 Å². The standard InChI is InChI=1S/C26H24F6N6O3/c1-13-4-5-19(36-22(13)33)17-9-14-6-8-38(24(40)16(14)10-18(17)27)7-2-3-15(12-41-25(28)29)35-20-11-34-37-23(39)21(20)26(30,31)32/h4-6,8-11,15,25H,2-3,7,12H2,1H3,(H2,33,36)(H2,35,37,39)/t15-/m1/s1. The Morgan fingerprint density at radius 2 is 1.93 bits per heavy atom. The van der Waals surface area contributed by atoms with Crippen LogP contribution in [0.15, 0.2) is 52.3 Å². The molecule has 1 aromatic carbocycles. The summed E-state index contributed by atoms with van der Waals surface area (Å²) in [6.07, 6.45) is -2.76. The van der Waals surface area contributed by atoms with Crippen molar-refractivity contribution < 1.29 is 31.1 Å². The fraction of sp³-hybridized carbons (Fsp3) is 0.308. The maximum Gasteiger partial charge on any atom is 0.423 e. The summed E-state index contributed by atoms with van der Waals surface area (Å²) in [6, 6.07) is 6.36. The summed E-state index contributed by atoms with van der Waals surface area (Å²) >= 11 is 0. The number of alkyl halides is 5. The average Bonchev–Trinajstić information content (AvgIpc) is 2.89. The van der Waals surface area contributed by atoms with Gasteiger partial charge in [0.05, 0.1) is 29.6 Å². The lowest BCUT2D eigenvalue weighted by atomic mass is 10.0. The number of halogens is 6. The number of hydrogen-bond acceptors (Lipinski definition) is 7. The van der Waals surface area contributed by atoms with E-state index in [0.29, 0.717) is 11.1 Å². The van der Waals surface area contributed by atoms with Crippen molar-refractivity contribution in [3.05, 3.63) is 80.4 Å². The largest absolute Gasteiger partial charge is 0.423 e. The van der Waals surface area contributed by atoms with E-state index in [0.717, 1.165) is 17.8 Å². The highest BCUT2D eigenvalue weighted by Crippen LogP contribution is 2.32. The molecular weight excluding hydrogens is 558 g/mol. The van der Waals surface area contributed by atoms with E-state index in [1.54, 1.807) is 30.2 Å². The monoisotopic (exact) mass is 582 g/mol. The van der Waals surface area contributed by atoms with E-state index in [1.165, 1.54) is 16.8 Å². The Kier molecular flexibility index (Phi) is 8.66. The number of nitrogens with two attached hydrogens (primary N) is 1. The molecule has 0 amide bonds. The van der Waals surface area contributed by atoms with Gasteiger partial charge in [0.15, 0.2) is 0 Å². The lowest BCUT2D eigenvalue weighted by molar-refractivity contribution is -0.138. The van der Waals surface area contributed by atoms with Crippen LogP contribution in [0.3, 0.4) is 0 Å². The van der Waals surface area contributed by atoms with Crippen LogP contribution in [-0.4, -0.2) is 39.0 Å². The Morgan fingerprint density at radius 1 is 1.17 bits per heavy atom. The highest BCUT2D eigenvalue weighted by Gasteiger charge is 2.37. The molecule has 0 aliphatic rings. The van der Waals surface area contributed by atoms with Crippen molar-refractivity contribution in [3.63, 3.8) is 0 Å². The van der Waals surface area contributed by atoms with E-state index in [2.05, 4.69) is 20.1 Å². The number of nitrogens with zero attached hydrogens (tertiary/aromatic N) is 3. The molecule has 4 N–H and O–H groups in total. The summed E-state index contributed by atoms with van der Waals surface area (Å²) in [5, 5.41) is 7.95. The van der Waals surface area contributed by atoms with Crippen LogP contribution in [-0.2, 0) is 17.5 Å². The van der Waals surface area contributed by atoms with Crippen LogP contribution in [0, 0.1) is 12.7 Å². The number of ether oxygens (including phenoxy) is 1. The second-order valence-corrected chi connectivity index (χ2v) is 9.20. The van der Waals surface area contributed by atoms with E-state index in [4.69, 9.17) is 5.73 Å². The molecule has 0 radical (unpaired) electrons. The number of rotatable bonds is 10. The Labute approximate surface area is 228 Å². The predicted octanol–water partition coefficient (Wildman–Crippen LogP) is 4.70. The smallest absolute Gasteiger partial charge is 0.383 e. The van der Waals surface area contributed by atoms with Gasteiger partial charge in [0.2, 0.25) is 0 Å². The van der Waals surface area contributed by atoms with E-state index in [-0.39, 0.29) is 36.2 Å². The molecule has 0 unspecified atom stereocenters. The van der Waals surface area contributed by atoms with Crippen molar-refractivity contribution >= 4 is 22.3 Å². The maximum absolute atomic E-state index is 15.0. The minimum absolute atomic E-state index is 0.0286. The van der Waals surface area contributed by atoms with Crippen LogP contribution in [0.5, 0.6) is 0 Å². The number of aromatic amines is 1. The molecule has 0 spiro atoms. The first kappa shape index (κ1) is 29.6. The number of nitrogens with one attached hydrogen (secondary N) is 2. The third kappa shape index (κ3) is 6.85. The van der Waals surface area contributed by atoms with Gasteiger partial charge in [-0.3, -0.25) is 9.59 Å². The topological polar surface area (TPSA) is 128 Å². The van der Waals surface area contributed by atoms with Gasteiger partial charge in [-0.05, 0) is 55.0 Å². The molecule has 4 rings (SSSR count). The second-order valence-electron chi connectivity index (χ2n) is 9.20. The summed E-state index contributed by atoms with van der Waals surface area (Å²) in [6.45, 7) is -2.09. The van der Waals surface area contributed by atoms with Gasteiger partial charge in [-0.2, -0.15) is 27.1 Å². The number of hydrogen-bond donors (Lipinski definition) is 3. The van der Waals surface area contributed by atoms with Crippen LogP contribution < -0.4 is 22.2 Å². The maximum atomic E-state index is 15.0. The van der Waals surface area contributed by atoms with E-state index in [9.17, 15) is 35.9 Å². The average molecular weight is 583 g/mol. The van der Waals surface area contributed by atoms with Gasteiger partial charge in [0.1, 0.15) is 17.2 Å². The Balaban J connectivity index is 1.53. The Bertz CT molecular complexity index is 1670. The first-order valence-electron chi connectivity index (χ1n) is 12.2. The molecule has 3 aromatic heterocycles. The van der Waals surface area contributed by atoms with Gasteiger partial charge in [-0.25, -0.2) is 14.5 Å². The molecule has 41 heavy (non-hydrogen) atoms. The SMILES string of the molecule is Cc1ccc(-c2cc3ccn(CCC[C@H](COC(F)F)Nc4cn[nH]c(=O)c4C(F)(F)F)c(=O)c3cc2F)nc1N. The number of aryl methyl sites for hydroxylation is 2. The molecule has 9 nitrogen and oxygen atoms in total. The highest BCUT2D eigenvalue weighted by molar-refractivity contribution is 5.86. The van der Waals surface area contributed by atoms with Crippen LogP contribution in [0.2, 0.25) is 0 Å². The van der Waals surface area contributed by atoms with Gasteiger partial charge in [0.25, 0.3) is 11.1 Å². The van der Waals surface area contributed by atoms with Crippen LogP contribution in [0.25, 0.3) is 22.0 Å². The fourth-order valence-electron chi connectivity index (χ4n) is 4.28. The minimum atomic E-state index is -5.04. The molecule has 0 saturated carbocycles. The van der Waals surface area contributed by atoms with E-state index < -0.39 is 53.6 Å². The number of nitrogen functional groups attached to an aromatic ring is 1. The van der Waals surface area contributed by atoms with Crippen LogP contribution in [0.1, 0.15) is 24.0 Å². The summed E-state index contributed by atoms with van der Waals surface area (Å²) in [4.78, 5) is 29.0. The van der Waals surface area contributed by atoms with Gasteiger partial charge < -0.3 is 20.4 Å². The first-order chi connectivity index (χ1) is 19.3. The number of fused-ring (bicyclic) bond motifs is 1. The molecule has 4 aromatic rings. The van der Waals surface area contributed by atoms with Gasteiger partial charge in [0, 0.05) is 24.3 Å². The van der Waals surface area contributed by atoms with Gasteiger partial charge >= 0.3 is 12.8 Å². The first-order valence-corrected chi connectivity index (χ1v) is 12.2. The number of pyridine rings is 2. The van der Waals surface area contributed by atoms with Gasteiger partial charge in [-0.15, -0.1) is 0 Å². The second kappa shape index (κ2) is 12.0. The molecular formula is C26H24F6N6O3. The molecule has 15 heteroatoms. The lowest BCUT2D eigenvalue weighted by Gasteiger charge is -2.22. The normalized spacial score (nSPS) is 12.7. The van der Waals surface area contributed by atoms with Crippen molar-refractivity contribution in [1.29, 1.82) is 0 Å². The summed E-state index contributed by atoms with van der Waals surface area (Å²) in [5.74, 6) is -0.447. The minimum Gasteiger partial charge on any atom is -0.383 e. The molecule has 0 bridgehead atoms. The van der Waals surface area contributed by atoms with E-state index >= 15 is 0 Å². The third-order valence-corrected chi connectivity index (χ3v) is 6.35. The molecule has 0 saturated heterocycles. The number of benzene rings is 1. The van der Waals surface area contributed by atoms with E-state index in [1.807, 2.05) is 0 Å². The predicted molar refractivity (Wildman–Crippen MR) is 139 cm³/mol. The van der Waals surface area contributed by atoms with Crippen LogP contribution >= 0.6 is 0 Å². The summed E-state index contributed by atoms with van der Waals surface area (Å²) in [7, 11) is 0. The zero-order chi connectivity index (χ0) is 29.9. The molecule has 1 atom stereocenters. The molecule has 0 aliphatic carbocycles. The zero-order valence-electron chi connectivity index (χ0n) is 21.4. The number of H-pyrrole nitrogens is 1. The Hall–Kier alpha value is -4.40. The Morgan fingerprint density at radius 3 is 2.61 bits per heavy atom. The van der Waals surface area contributed by atoms with Gasteiger partial charge in [-0.1, -0.05) is 6.07 Å². The highest BCUT2D eigenvalue weighted by atomic mass is 19.4. The molecule has 0 aliphatic heterocycles. The lowest BCUT2D eigenvalue weighted by Crippen LogP contribution is -2.32. The fourth-order valence-corrected chi connectivity index (χ4v) is 4.28. The third-order valence-electron chi connectivity index (χ3n) is 6.35. The summed E-state index contributed by atoms with van der Waals surface area (Å²) in [5.41, 5.74) is 2.71.